The van der Waals surface area contributed by atoms with E-state index in [1.165, 1.54) is 0 Å². The number of benzene rings is 1. The number of hydrogen-bond acceptors (Lipinski definition) is 5. The largest absolute Gasteiger partial charge is 0.496 e. The van der Waals surface area contributed by atoms with Crippen molar-refractivity contribution < 1.29 is 19.4 Å². The second-order valence-electron chi connectivity index (χ2n) is 4.89. The highest BCUT2D eigenvalue weighted by Gasteiger charge is 2.32. The highest BCUT2D eigenvalue weighted by molar-refractivity contribution is 5.85. The van der Waals surface area contributed by atoms with Crippen molar-refractivity contribution in [2.45, 2.75) is 25.6 Å². The first-order valence-corrected chi connectivity index (χ1v) is 6.45. The van der Waals surface area contributed by atoms with E-state index in [4.69, 9.17) is 15.2 Å². The number of carbonyl (C=O) groups is 1. The van der Waals surface area contributed by atoms with Crippen molar-refractivity contribution in [2.24, 2.45) is 5.73 Å². The smallest absolute Gasteiger partial charge is 0.239 e. The maximum absolute atomic E-state index is 12.0. The third kappa shape index (κ3) is 3.23. The fraction of sp³-hybridized carbons (Fsp3) is 0.500. The Labute approximate surface area is 130 Å². The molecule has 1 aliphatic rings. The summed E-state index contributed by atoms with van der Waals surface area (Å²) in [7, 11) is 3.11. The van der Waals surface area contributed by atoms with Crippen LogP contribution in [-0.4, -0.2) is 42.7 Å². The van der Waals surface area contributed by atoms with Crippen LogP contribution in [0.5, 0.6) is 11.5 Å². The van der Waals surface area contributed by atoms with Gasteiger partial charge in [-0.25, -0.2) is 0 Å². The maximum Gasteiger partial charge on any atom is 0.239 e. The fourth-order valence-corrected chi connectivity index (χ4v) is 2.53. The van der Waals surface area contributed by atoms with Crippen molar-refractivity contribution in [2.75, 3.05) is 20.8 Å². The van der Waals surface area contributed by atoms with E-state index in [1.54, 1.807) is 38.2 Å². The van der Waals surface area contributed by atoms with E-state index in [1.807, 2.05) is 0 Å². The van der Waals surface area contributed by atoms with Crippen LogP contribution in [0, 0.1) is 0 Å². The number of aliphatic hydroxyl groups excluding tert-OH is 1. The third-order valence-electron chi connectivity index (χ3n) is 3.49. The molecular formula is C14H21ClN2O4. The molecular weight excluding hydrogens is 296 g/mol. The number of rotatable bonds is 3. The molecule has 0 fully saturated rings. The second-order valence-corrected chi connectivity index (χ2v) is 4.89. The summed E-state index contributed by atoms with van der Waals surface area (Å²) in [6.07, 6.45) is -0.813. The third-order valence-corrected chi connectivity index (χ3v) is 3.49. The molecule has 1 heterocycles. The Morgan fingerprint density at radius 3 is 2.48 bits per heavy atom. The first-order valence-electron chi connectivity index (χ1n) is 6.45. The van der Waals surface area contributed by atoms with E-state index in [0.717, 1.165) is 5.56 Å². The van der Waals surface area contributed by atoms with Gasteiger partial charge in [0.05, 0.1) is 26.8 Å². The molecule has 0 spiro atoms. The molecule has 6 nitrogen and oxygen atoms in total. The lowest BCUT2D eigenvalue weighted by atomic mass is 9.95. The minimum Gasteiger partial charge on any atom is -0.496 e. The number of aliphatic hydroxyl groups is 1. The molecule has 0 saturated carbocycles. The van der Waals surface area contributed by atoms with Gasteiger partial charge in [0, 0.05) is 17.7 Å². The van der Waals surface area contributed by atoms with Gasteiger partial charge < -0.3 is 25.2 Å². The standard InChI is InChI=1S/C14H20N2O4.ClH/c1-8(15)14(18)16-6-9-11(19-2)4-5-12(20-3)13(9)10(17)7-16;/h4-5,8,10,17H,6-7,15H2,1-3H3;1H/t8-,10?;/m0./s1. The molecule has 0 radical (unpaired) electrons. The lowest BCUT2D eigenvalue weighted by Crippen LogP contribution is -2.45. The number of hydrogen-bond donors (Lipinski definition) is 2. The van der Waals surface area contributed by atoms with Gasteiger partial charge in [0.25, 0.3) is 0 Å². The molecule has 21 heavy (non-hydrogen) atoms. The van der Waals surface area contributed by atoms with Gasteiger partial charge in [0.1, 0.15) is 17.6 Å². The molecule has 2 rings (SSSR count). The summed E-state index contributed by atoms with van der Waals surface area (Å²) in [6, 6.07) is 2.93. The number of ether oxygens (including phenoxy) is 2. The molecule has 0 aromatic heterocycles. The normalized spacial score (nSPS) is 18.3. The average molecular weight is 317 g/mol. The van der Waals surface area contributed by atoms with Crippen LogP contribution < -0.4 is 15.2 Å². The zero-order valence-electron chi connectivity index (χ0n) is 12.3. The summed E-state index contributed by atoms with van der Waals surface area (Å²) in [4.78, 5) is 13.6. The van der Waals surface area contributed by atoms with Crippen LogP contribution in [0.1, 0.15) is 24.2 Å². The van der Waals surface area contributed by atoms with Crippen molar-refractivity contribution in [3.05, 3.63) is 23.3 Å². The Morgan fingerprint density at radius 1 is 1.38 bits per heavy atom. The van der Waals surface area contributed by atoms with E-state index < -0.39 is 12.1 Å². The minimum atomic E-state index is -0.813. The van der Waals surface area contributed by atoms with Crippen LogP contribution in [0.15, 0.2) is 12.1 Å². The summed E-state index contributed by atoms with van der Waals surface area (Å²) in [6.45, 7) is 2.19. The van der Waals surface area contributed by atoms with E-state index in [2.05, 4.69) is 0 Å². The molecule has 2 atom stereocenters. The Morgan fingerprint density at radius 2 is 1.95 bits per heavy atom. The number of nitrogens with two attached hydrogens (primary N) is 1. The van der Waals surface area contributed by atoms with Gasteiger partial charge in [-0.2, -0.15) is 0 Å². The number of methoxy groups -OCH3 is 2. The molecule has 118 valence electrons. The Kier molecular flexibility index (Phi) is 5.83. The quantitative estimate of drug-likeness (QED) is 0.863. The fourth-order valence-electron chi connectivity index (χ4n) is 2.53. The molecule has 1 aromatic carbocycles. The van der Waals surface area contributed by atoms with E-state index >= 15 is 0 Å². The zero-order chi connectivity index (χ0) is 14.9. The first-order chi connectivity index (χ1) is 9.49. The molecule has 0 aliphatic carbocycles. The number of fused-ring (bicyclic) bond motifs is 1. The Hall–Kier alpha value is -1.50. The average Bonchev–Trinajstić information content (AvgIpc) is 2.44. The molecule has 7 heteroatoms. The molecule has 1 aromatic rings. The monoisotopic (exact) mass is 316 g/mol. The van der Waals surface area contributed by atoms with Crippen LogP contribution in [0.4, 0.5) is 0 Å². The SMILES string of the molecule is COc1ccc(OC)c2c1CN(C(=O)[C@H](C)N)CC2O.Cl. The van der Waals surface area contributed by atoms with Crippen LogP contribution in [0.3, 0.4) is 0 Å². The molecule has 1 unspecified atom stereocenters. The first kappa shape index (κ1) is 17.6. The summed E-state index contributed by atoms with van der Waals surface area (Å²) in [5, 5.41) is 10.3. The van der Waals surface area contributed by atoms with Gasteiger partial charge in [0.15, 0.2) is 0 Å². The van der Waals surface area contributed by atoms with Crippen molar-refractivity contribution in [1.29, 1.82) is 0 Å². The summed E-state index contributed by atoms with van der Waals surface area (Å²) < 4.78 is 10.6. The van der Waals surface area contributed by atoms with E-state index in [0.29, 0.717) is 23.6 Å². The van der Waals surface area contributed by atoms with Crippen molar-refractivity contribution in [3.63, 3.8) is 0 Å². The summed E-state index contributed by atoms with van der Waals surface area (Å²) in [5.41, 5.74) is 7.07. The van der Waals surface area contributed by atoms with Crippen LogP contribution in [0.2, 0.25) is 0 Å². The maximum atomic E-state index is 12.0. The van der Waals surface area contributed by atoms with E-state index in [-0.39, 0.29) is 24.9 Å². The van der Waals surface area contributed by atoms with Gasteiger partial charge in [-0.1, -0.05) is 0 Å². The Bertz CT molecular complexity index is 522. The Balaban J connectivity index is 0.00000220. The molecule has 1 amide bonds. The molecule has 0 saturated heterocycles. The number of halogens is 1. The predicted molar refractivity (Wildman–Crippen MR) is 80.8 cm³/mol. The van der Waals surface area contributed by atoms with Crippen LogP contribution in [-0.2, 0) is 11.3 Å². The van der Waals surface area contributed by atoms with Crippen molar-refractivity contribution in [3.8, 4) is 11.5 Å². The number of β-amino-alcohol motifs (C(OH)–C–C–N with tert-alkyl or cyclic N) is 1. The van der Waals surface area contributed by atoms with Crippen molar-refractivity contribution >= 4 is 18.3 Å². The number of nitrogens with zero attached hydrogens (tertiary/aromatic N) is 1. The highest BCUT2D eigenvalue weighted by atomic mass is 35.5. The molecule has 0 bridgehead atoms. The van der Waals surface area contributed by atoms with Gasteiger partial charge in [0.2, 0.25) is 5.91 Å². The lowest BCUT2D eigenvalue weighted by Gasteiger charge is -2.34. The van der Waals surface area contributed by atoms with Gasteiger partial charge in [-0.15, -0.1) is 12.4 Å². The van der Waals surface area contributed by atoms with Crippen LogP contribution >= 0.6 is 12.4 Å². The minimum absolute atomic E-state index is 0. The highest BCUT2D eigenvalue weighted by Crippen LogP contribution is 2.39. The van der Waals surface area contributed by atoms with E-state index in [9.17, 15) is 9.90 Å². The zero-order valence-corrected chi connectivity index (χ0v) is 13.1. The lowest BCUT2D eigenvalue weighted by molar-refractivity contribution is -0.135. The van der Waals surface area contributed by atoms with Gasteiger partial charge in [-0.05, 0) is 19.1 Å². The topological polar surface area (TPSA) is 85.0 Å². The molecule has 3 N–H and O–H groups in total. The van der Waals surface area contributed by atoms with Crippen LogP contribution in [0.25, 0.3) is 0 Å². The second kappa shape index (κ2) is 6.98. The number of carbonyl (C=O) groups excluding carboxylic acids is 1. The summed E-state index contributed by atoms with van der Waals surface area (Å²) in [5.74, 6) is 1.03. The van der Waals surface area contributed by atoms with Gasteiger partial charge >= 0.3 is 0 Å². The van der Waals surface area contributed by atoms with Gasteiger partial charge in [-0.3, -0.25) is 4.79 Å². The number of amides is 1. The summed E-state index contributed by atoms with van der Waals surface area (Å²) >= 11 is 0. The molecule has 1 aliphatic heterocycles. The van der Waals surface area contributed by atoms with Crippen molar-refractivity contribution in [1.82, 2.24) is 4.90 Å². The predicted octanol–water partition coefficient (Wildman–Crippen LogP) is 0.848.